The van der Waals surface area contributed by atoms with Crippen LogP contribution in [0, 0.1) is 0 Å². The van der Waals surface area contributed by atoms with Crippen LogP contribution in [-0.2, 0) is 0 Å². The Bertz CT molecular complexity index is 272. The minimum Gasteiger partial charge on any atom is -0.0877 e. The molecule has 0 nitrogen and oxygen atoms in total. The first-order valence-corrected chi connectivity index (χ1v) is 5.25. The summed E-state index contributed by atoms with van der Waals surface area (Å²) in [6, 6.07) is 0. The highest BCUT2D eigenvalue weighted by Crippen LogP contribution is 2.09. The highest BCUT2D eigenvalue weighted by atomic mass is 14.0. The minimum atomic E-state index is 1.13. The number of allylic oxidation sites excluding steroid dienone is 8. The maximum atomic E-state index is 2.20. The van der Waals surface area contributed by atoms with Crippen LogP contribution < -0.4 is 0 Å². The lowest BCUT2D eigenvalue weighted by Crippen LogP contribution is -1.78. The van der Waals surface area contributed by atoms with Crippen LogP contribution in [0.15, 0.2) is 47.1 Å². The van der Waals surface area contributed by atoms with Gasteiger partial charge >= 0.3 is 0 Å². The van der Waals surface area contributed by atoms with E-state index in [-0.39, 0.29) is 0 Å². The Morgan fingerprint density at radius 1 is 0.929 bits per heavy atom. The molecule has 14 heavy (non-hydrogen) atoms. The van der Waals surface area contributed by atoms with E-state index >= 15 is 0 Å². The molecule has 0 spiro atoms. The van der Waals surface area contributed by atoms with Crippen molar-refractivity contribution in [2.24, 2.45) is 0 Å². The lowest BCUT2D eigenvalue weighted by atomic mass is 10.1. The molecular weight excluding hydrogens is 168 g/mol. The van der Waals surface area contributed by atoms with Gasteiger partial charge in [0.1, 0.15) is 0 Å². The molecule has 0 aromatic heterocycles. The van der Waals surface area contributed by atoms with Gasteiger partial charge < -0.3 is 0 Å². The summed E-state index contributed by atoms with van der Waals surface area (Å²) in [6.45, 7) is 10.7. The van der Waals surface area contributed by atoms with Crippen molar-refractivity contribution in [1.82, 2.24) is 0 Å². The first kappa shape index (κ1) is 13.0. The molecule has 0 heterocycles. The van der Waals surface area contributed by atoms with Gasteiger partial charge in [0, 0.05) is 0 Å². The lowest BCUT2D eigenvalue weighted by Gasteiger charge is -1.98. The smallest absolute Gasteiger partial charge is 0.0349 e. The normalized spacial score (nSPS) is 15.4. The summed E-state index contributed by atoms with van der Waals surface area (Å²) >= 11 is 0. The van der Waals surface area contributed by atoms with Crippen molar-refractivity contribution in [3.8, 4) is 0 Å². The van der Waals surface area contributed by atoms with Gasteiger partial charge in [-0.25, -0.2) is 0 Å². The number of rotatable bonds is 4. The quantitative estimate of drug-likeness (QED) is 0.558. The molecule has 0 aromatic rings. The summed E-state index contributed by atoms with van der Waals surface area (Å²) < 4.78 is 0. The largest absolute Gasteiger partial charge is 0.0877 e. The fourth-order valence-electron chi connectivity index (χ4n) is 0.889. The summed E-state index contributed by atoms with van der Waals surface area (Å²) in [4.78, 5) is 0. The lowest BCUT2D eigenvalue weighted by molar-refractivity contribution is 1.10. The SMILES string of the molecule is CC=CC=C(C)C(C)=CC=C(C)CC. The molecule has 0 fully saturated rings. The molecule has 0 atom stereocenters. The molecule has 0 unspecified atom stereocenters. The average Bonchev–Trinajstić information content (AvgIpc) is 2.21. The van der Waals surface area contributed by atoms with Gasteiger partial charge in [-0.05, 0) is 45.3 Å². The highest BCUT2D eigenvalue weighted by molar-refractivity contribution is 5.33. The van der Waals surface area contributed by atoms with Crippen molar-refractivity contribution in [3.05, 3.63) is 47.1 Å². The van der Waals surface area contributed by atoms with E-state index in [1.807, 2.05) is 13.0 Å². The van der Waals surface area contributed by atoms with Gasteiger partial charge in [-0.2, -0.15) is 0 Å². The van der Waals surface area contributed by atoms with E-state index in [4.69, 9.17) is 0 Å². The number of hydrogen-bond donors (Lipinski definition) is 0. The van der Waals surface area contributed by atoms with E-state index in [1.54, 1.807) is 0 Å². The molecule has 0 N–H and O–H groups in total. The molecule has 78 valence electrons. The summed E-state index contributed by atoms with van der Waals surface area (Å²) in [5.74, 6) is 0. The molecule has 0 radical (unpaired) electrons. The third kappa shape index (κ3) is 5.58. The van der Waals surface area contributed by atoms with Gasteiger partial charge in [0.15, 0.2) is 0 Å². The van der Waals surface area contributed by atoms with Gasteiger partial charge in [0.2, 0.25) is 0 Å². The van der Waals surface area contributed by atoms with Crippen LogP contribution in [0.1, 0.15) is 41.0 Å². The van der Waals surface area contributed by atoms with E-state index in [0.717, 1.165) is 6.42 Å². The average molecular weight is 190 g/mol. The second kappa shape index (κ2) is 7.37. The van der Waals surface area contributed by atoms with Crippen molar-refractivity contribution < 1.29 is 0 Å². The first-order chi connectivity index (χ1) is 6.61. The monoisotopic (exact) mass is 190 g/mol. The molecular formula is C14H22. The molecule has 0 amide bonds. The fraction of sp³-hybridized carbons (Fsp3) is 0.429. The van der Waals surface area contributed by atoms with Crippen molar-refractivity contribution in [1.29, 1.82) is 0 Å². The molecule has 0 aliphatic rings. The Hall–Kier alpha value is -1.04. The molecule has 0 aromatic carbocycles. The van der Waals surface area contributed by atoms with Gasteiger partial charge in [-0.1, -0.05) is 42.9 Å². The van der Waals surface area contributed by atoms with Crippen molar-refractivity contribution in [3.63, 3.8) is 0 Å². The van der Waals surface area contributed by atoms with E-state index in [0.29, 0.717) is 0 Å². The Morgan fingerprint density at radius 3 is 2.00 bits per heavy atom. The standard InChI is InChI=1S/C14H22/c1-6-8-9-13(4)14(5)11-10-12(3)7-2/h6,8-11H,7H2,1-5H3. The van der Waals surface area contributed by atoms with Crippen LogP contribution in [0.4, 0.5) is 0 Å². The molecule has 0 aliphatic carbocycles. The summed E-state index contributed by atoms with van der Waals surface area (Å²) in [5.41, 5.74) is 4.07. The van der Waals surface area contributed by atoms with E-state index < -0.39 is 0 Å². The molecule has 0 saturated carbocycles. The van der Waals surface area contributed by atoms with Gasteiger partial charge in [-0.3, -0.25) is 0 Å². The van der Waals surface area contributed by atoms with Crippen LogP contribution in [0.5, 0.6) is 0 Å². The van der Waals surface area contributed by atoms with Crippen LogP contribution >= 0.6 is 0 Å². The van der Waals surface area contributed by atoms with Gasteiger partial charge in [-0.15, -0.1) is 0 Å². The second-order valence-electron chi connectivity index (χ2n) is 3.59. The van der Waals surface area contributed by atoms with Gasteiger partial charge in [0.05, 0.1) is 0 Å². The zero-order valence-corrected chi connectivity index (χ0v) is 10.1. The predicted molar refractivity (Wildman–Crippen MR) is 66.4 cm³/mol. The Kier molecular flexibility index (Phi) is 6.82. The molecule has 0 saturated heterocycles. The molecule has 0 bridgehead atoms. The van der Waals surface area contributed by atoms with Crippen molar-refractivity contribution >= 4 is 0 Å². The third-order valence-electron chi connectivity index (χ3n) is 2.34. The maximum absolute atomic E-state index is 2.20. The predicted octanol–water partition coefficient (Wildman–Crippen LogP) is 4.81. The molecule has 0 rings (SSSR count). The van der Waals surface area contributed by atoms with Crippen molar-refractivity contribution in [2.75, 3.05) is 0 Å². The third-order valence-corrected chi connectivity index (χ3v) is 2.34. The van der Waals surface area contributed by atoms with Crippen molar-refractivity contribution in [2.45, 2.75) is 41.0 Å². The summed E-state index contributed by atoms with van der Waals surface area (Å²) in [7, 11) is 0. The second-order valence-corrected chi connectivity index (χ2v) is 3.59. The van der Waals surface area contributed by atoms with E-state index in [1.165, 1.54) is 16.7 Å². The zero-order valence-electron chi connectivity index (χ0n) is 10.1. The number of hydrogen-bond acceptors (Lipinski definition) is 0. The fourth-order valence-corrected chi connectivity index (χ4v) is 0.889. The maximum Gasteiger partial charge on any atom is -0.0349 e. The Labute approximate surface area is 88.7 Å². The highest BCUT2D eigenvalue weighted by Gasteiger charge is 1.89. The molecule has 0 aliphatic heterocycles. The Morgan fingerprint density at radius 2 is 1.50 bits per heavy atom. The van der Waals surface area contributed by atoms with E-state index in [2.05, 4.69) is 52.0 Å². The summed E-state index contributed by atoms with van der Waals surface area (Å²) in [5, 5.41) is 0. The van der Waals surface area contributed by atoms with Crippen LogP contribution in [0.25, 0.3) is 0 Å². The first-order valence-electron chi connectivity index (χ1n) is 5.25. The summed E-state index contributed by atoms with van der Waals surface area (Å²) in [6.07, 6.45) is 11.8. The Balaban J connectivity index is 4.53. The van der Waals surface area contributed by atoms with Gasteiger partial charge in [0.25, 0.3) is 0 Å². The van der Waals surface area contributed by atoms with Crippen LogP contribution in [0.3, 0.4) is 0 Å². The van der Waals surface area contributed by atoms with E-state index in [9.17, 15) is 0 Å². The zero-order chi connectivity index (χ0) is 11.0. The van der Waals surface area contributed by atoms with Crippen LogP contribution in [-0.4, -0.2) is 0 Å². The minimum absolute atomic E-state index is 1.13. The van der Waals surface area contributed by atoms with Crippen LogP contribution in [0.2, 0.25) is 0 Å². The topological polar surface area (TPSA) is 0 Å². The molecule has 0 heteroatoms.